The van der Waals surface area contributed by atoms with Gasteiger partial charge in [0.1, 0.15) is 17.5 Å². The Morgan fingerprint density at radius 3 is 2.63 bits per heavy atom. The minimum atomic E-state index is 0.483. The Balaban J connectivity index is 1.89. The summed E-state index contributed by atoms with van der Waals surface area (Å²) in [5.74, 6) is 8.17. The molecule has 6 heteroatoms. The Kier molecular flexibility index (Phi) is 3.35. The Bertz CT molecular complexity index is 597. The normalized spacial score (nSPS) is 14.2. The van der Waals surface area contributed by atoms with Crippen molar-refractivity contribution in [2.24, 2.45) is 5.84 Å². The molecule has 0 radical (unpaired) electrons. The third-order valence-electron chi connectivity index (χ3n) is 2.93. The monoisotopic (exact) mass is 319 g/mol. The van der Waals surface area contributed by atoms with Crippen LogP contribution in [-0.2, 0) is 0 Å². The maximum Gasteiger partial charge on any atom is 0.145 e. The van der Waals surface area contributed by atoms with Crippen LogP contribution in [0.5, 0.6) is 0 Å². The molecule has 4 N–H and O–H groups in total. The minimum Gasteiger partial charge on any atom is -0.340 e. The van der Waals surface area contributed by atoms with E-state index in [9.17, 15) is 0 Å². The molecule has 0 atom stereocenters. The van der Waals surface area contributed by atoms with Gasteiger partial charge in [-0.3, -0.25) is 0 Å². The van der Waals surface area contributed by atoms with E-state index in [1.54, 1.807) is 6.07 Å². The number of nitrogens with two attached hydrogens (primary N) is 1. The second-order valence-electron chi connectivity index (χ2n) is 4.55. The Labute approximate surface area is 119 Å². The molecule has 1 fully saturated rings. The highest BCUT2D eigenvalue weighted by Crippen LogP contribution is 2.39. The van der Waals surface area contributed by atoms with Crippen LogP contribution in [0.25, 0.3) is 0 Å². The highest BCUT2D eigenvalue weighted by atomic mass is 79.9. The first-order valence-electron chi connectivity index (χ1n) is 6.13. The predicted octanol–water partition coefficient (Wildman–Crippen LogP) is 3.15. The maximum absolute atomic E-state index is 5.45. The summed E-state index contributed by atoms with van der Waals surface area (Å²) in [6.45, 7) is 0. The first-order valence-corrected chi connectivity index (χ1v) is 6.92. The van der Waals surface area contributed by atoms with Gasteiger partial charge in [-0.25, -0.2) is 15.8 Å². The lowest BCUT2D eigenvalue weighted by atomic mass is 10.3. The molecule has 0 unspecified atom stereocenters. The molecular weight excluding hydrogens is 306 g/mol. The van der Waals surface area contributed by atoms with Crippen LogP contribution in [0.15, 0.2) is 34.8 Å². The number of rotatable bonds is 4. The molecule has 0 bridgehead atoms. The van der Waals surface area contributed by atoms with E-state index in [0.717, 1.165) is 34.6 Å². The van der Waals surface area contributed by atoms with Gasteiger partial charge in [-0.15, -0.1) is 0 Å². The van der Waals surface area contributed by atoms with Crippen LogP contribution in [0, 0.1) is 0 Å². The summed E-state index contributed by atoms with van der Waals surface area (Å²) in [6, 6.07) is 9.73. The molecule has 1 aromatic heterocycles. The van der Waals surface area contributed by atoms with Gasteiger partial charge in [0.05, 0.1) is 0 Å². The largest absolute Gasteiger partial charge is 0.340 e. The quantitative estimate of drug-likeness (QED) is 0.596. The van der Waals surface area contributed by atoms with Gasteiger partial charge in [-0.1, -0.05) is 22.0 Å². The lowest BCUT2D eigenvalue weighted by Gasteiger charge is -2.09. The molecule has 1 heterocycles. The van der Waals surface area contributed by atoms with Crippen molar-refractivity contribution in [3.05, 3.63) is 40.6 Å². The van der Waals surface area contributed by atoms with Crippen LogP contribution in [0.4, 0.5) is 17.3 Å². The van der Waals surface area contributed by atoms with Crippen molar-refractivity contribution in [3.8, 4) is 0 Å². The van der Waals surface area contributed by atoms with Crippen molar-refractivity contribution in [1.29, 1.82) is 0 Å². The second kappa shape index (κ2) is 5.14. The van der Waals surface area contributed by atoms with Crippen LogP contribution >= 0.6 is 15.9 Å². The van der Waals surface area contributed by atoms with Gasteiger partial charge in [0, 0.05) is 22.1 Å². The molecule has 1 saturated carbocycles. The zero-order chi connectivity index (χ0) is 13.2. The fourth-order valence-corrected chi connectivity index (χ4v) is 2.24. The van der Waals surface area contributed by atoms with E-state index in [1.807, 2.05) is 24.3 Å². The number of aromatic nitrogens is 2. The molecule has 1 aliphatic carbocycles. The third-order valence-corrected chi connectivity index (χ3v) is 3.42. The topological polar surface area (TPSA) is 75.9 Å². The van der Waals surface area contributed by atoms with Gasteiger partial charge in [-0.2, -0.15) is 0 Å². The van der Waals surface area contributed by atoms with E-state index < -0.39 is 0 Å². The van der Waals surface area contributed by atoms with Crippen molar-refractivity contribution in [2.45, 2.75) is 18.8 Å². The second-order valence-corrected chi connectivity index (χ2v) is 5.47. The molecule has 0 aliphatic heterocycles. The molecule has 1 aliphatic rings. The summed E-state index contributed by atoms with van der Waals surface area (Å²) in [7, 11) is 0. The Morgan fingerprint density at radius 2 is 1.95 bits per heavy atom. The molecule has 19 heavy (non-hydrogen) atoms. The number of anilines is 3. The zero-order valence-electron chi connectivity index (χ0n) is 10.2. The van der Waals surface area contributed by atoms with E-state index in [0.29, 0.717) is 11.7 Å². The van der Waals surface area contributed by atoms with Crippen LogP contribution in [0.2, 0.25) is 0 Å². The standard InChI is InChI=1S/C13H14BrN5/c14-9-2-1-3-10(6-9)16-11-7-12(19-15)18-13(17-11)8-4-5-8/h1-3,6-8H,4-5,15H2,(H2,16,17,18,19). The number of hydrogen-bond donors (Lipinski definition) is 3. The molecular formula is C13H14BrN5. The van der Waals surface area contributed by atoms with Crippen molar-refractivity contribution >= 4 is 33.3 Å². The van der Waals surface area contributed by atoms with Crippen LogP contribution in [0.1, 0.15) is 24.6 Å². The summed E-state index contributed by atoms with van der Waals surface area (Å²) in [6.07, 6.45) is 2.31. The van der Waals surface area contributed by atoms with Crippen LogP contribution < -0.4 is 16.6 Å². The number of nitrogen functional groups attached to an aromatic ring is 1. The molecule has 98 valence electrons. The van der Waals surface area contributed by atoms with Gasteiger partial charge in [-0.05, 0) is 31.0 Å². The fraction of sp³-hybridized carbons (Fsp3) is 0.231. The molecule has 0 amide bonds. The number of nitrogens with one attached hydrogen (secondary N) is 2. The number of benzene rings is 1. The smallest absolute Gasteiger partial charge is 0.145 e. The van der Waals surface area contributed by atoms with Gasteiger partial charge in [0.2, 0.25) is 0 Å². The average Bonchev–Trinajstić information content (AvgIpc) is 3.22. The lowest BCUT2D eigenvalue weighted by Crippen LogP contribution is -2.11. The zero-order valence-corrected chi connectivity index (χ0v) is 11.8. The highest BCUT2D eigenvalue weighted by molar-refractivity contribution is 9.10. The maximum atomic E-state index is 5.45. The number of hydrogen-bond acceptors (Lipinski definition) is 5. The molecule has 5 nitrogen and oxygen atoms in total. The Hall–Kier alpha value is -1.66. The minimum absolute atomic E-state index is 0.483. The number of nitrogens with zero attached hydrogens (tertiary/aromatic N) is 2. The number of hydrazine groups is 1. The van der Waals surface area contributed by atoms with Crippen molar-refractivity contribution in [2.75, 3.05) is 10.7 Å². The molecule has 0 saturated heterocycles. The summed E-state index contributed by atoms with van der Waals surface area (Å²) in [5, 5.41) is 3.27. The van der Waals surface area contributed by atoms with Crippen LogP contribution in [0.3, 0.4) is 0 Å². The molecule has 2 aromatic rings. The van der Waals surface area contributed by atoms with Crippen molar-refractivity contribution in [1.82, 2.24) is 9.97 Å². The first-order chi connectivity index (χ1) is 9.24. The molecule has 3 rings (SSSR count). The van der Waals surface area contributed by atoms with Crippen molar-refractivity contribution in [3.63, 3.8) is 0 Å². The average molecular weight is 320 g/mol. The van der Waals surface area contributed by atoms with Gasteiger partial charge in [0.15, 0.2) is 0 Å². The van der Waals surface area contributed by atoms with Gasteiger partial charge in [0.25, 0.3) is 0 Å². The van der Waals surface area contributed by atoms with E-state index in [-0.39, 0.29) is 0 Å². The third kappa shape index (κ3) is 3.02. The van der Waals surface area contributed by atoms with E-state index in [4.69, 9.17) is 5.84 Å². The Morgan fingerprint density at radius 1 is 1.16 bits per heavy atom. The van der Waals surface area contributed by atoms with Gasteiger partial charge >= 0.3 is 0 Å². The lowest BCUT2D eigenvalue weighted by molar-refractivity contribution is 0.929. The van der Waals surface area contributed by atoms with E-state index in [1.165, 1.54) is 0 Å². The van der Waals surface area contributed by atoms with E-state index >= 15 is 0 Å². The van der Waals surface area contributed by atoms with E-state index in [2.05, 4.69) is 36.6 Å². The molecule has 0 spiro atoms. The van der Waals surface area contributed by atoms with Gasteiger partial charge < -0.3 is 10.7 Å². The number of halogens is 1. The summed E-state index contributed by atoms with van der Waals surface area (Å²) < 4.78 is 1.02. The SMILES string of the molecule is NNc1cc(Nc2cccc(Br)c2)nc(C2CC2)n1. The highest BCUT2D eigenvalue weighted by Gasteiger charge is 2.27. The predicted molar refractivity (Wildman–Crippen MR) is 79.2 cm³/mol. The molecule has 1 aromatic carbocycles. The summed E-state index contributed by atoms with van der Waals surface area (Å²) in [4.78, 5) is 8.91. The summed E-state index contributed by atoms with van der Waals surface area (Å²) >= 11 is 3.45. The fourth-order valence-electron chi connectivity index (χ4n) is 1.84. The first kappa shape index (κ1) is 12.4. The van der Waals surface area contributed by atoms with Crippen molar-refractivity contribution < 1.29 is 0 Å². The van der Waals surface area contributed by atoms with Crippen LogP contribution in [-0.4, -0.2) is 9.97 Å². The summed E-state index contributed by atoms with van der Waals surface area (Å²) in [5.41, 5.74) is 3.56.